The average molecular weight is 225 g/mol. The van der Waals surface area contributed by atoms with Crippen LogP contribution in [0.3, 0.4) is 0 Å². The van der Waals surface area contributed by atoms with Gasteiger partial charge in [-0.15, -0.1) is 0 Å². The summed E-state index contributed by atoms with van der Waals surface area (Å²) in [5.41, 5.74) is 0. The van der Waals surface area contributed by atoms with Gasteiger partial charge in [0.05, 0.1) is 0 Å². The van der Waals surface area contributed by atoms with Crippen LogP contribution in [0.2, 0.25) is 0 Å². The van der Waals surface area contributed by atoms with Gasteiger partial charge in [0, 0.05) is 0 Å². The molecule has 1 heteroatoms. The molecular formula is C15H31N. The SMILES string of the molecule is CCC=CCCCCCCCCCNCC. The Hall–Kier alpha value is -0.300. The van der Waals surface area contributed by atoms with E-state index in [1.165, 1.54) is 64.3 Å². The molecule has 0 aliphatic heterocycles. The van der Waals surface area contributed by atoms with Gasteiger partial charge in [-0.25, -0.2) is 0 Å². The maximum Gasteiger partial charge on any atom is -0.00490 e. The highest BCUT2D eigenvalue weighted by molar-refractivity contribution is 4.79. The minimum absolute atomic E-state index is 1.12. The highest BCUT2D eigenvalue weighted by Gasteiger charge is 1.91. The predicted octanol–water partition coefficient (Wildman–Crippen LogP) is 4.68. The molecule has 0 unspecified atom stereocenters. The first-order valence-corrected chi connectivity index (χ1v) is 7.27. The van der Waals surface area contributed by atoms with Crippen molar-refractivity contribution in [1.82, 2.24) is 5.32 Å². The highest BCUT2D eigenvalue weighted by atomic mass is 14.8. The summed E-state index contributed by atoms with van der Waals surface area (Å²) >= 11 is 0. The minimum Gasteiger partial charge on any atom is -0.317 e. The molecule has 0 aromatic rings. The smallest absolute Gasteiger partial charge is 0.00490 e. The summed E-state index contributed by atoms with van der Waals surface area (Å²) < 4.78 is 0. The Bertz CT molecular complexity index is 140. The molecule has 0 saturated carbocycles. The van der Waals surface area contributed by atoms with E-state index in [-0.39, 0.29) is 0 Å². The molecule has 0 heterocycles. The fourth-order valence-electron chi connectivity index (χ4n) is 1.86. The summed E-state index contributed by atoms with van der Waals surface area (Å²) in [6.45, 7) is 6.69. The first-order chi connectivity index (χ1) is 7.91. The molecule has 0 radical (unpaired) electrons. The van der Waals surface area contributed by atoms with Crippen LogP contribution in [0.15, 0.2) is 12.2 Å². The van der Waals surface area contributed by atoms with E-state index in [2.05, 4.69) is 31.3 Å². The van der Waals surface area contributed by atoms with Gasteiger partial charge < -0.3 is 5.32 Å². The van der Waals surface area contributed by atoms with Gasteiger partial charge in [-0.05, 0) is 38.8 Å². The van der Waals surface area contributed by atoms with Crippen LogP contribution in [0.25, 0.3) is 0 Å². The number of unbranched alkanes of at least 4 members (excludes halogenated alkanes) is 7. The third-order valence-corrected chi connectivity index (χ3v) is 2.88. The fraction of sp³-hybridized carbons (Fsp3) is 0.867. The van der Waals surface area contributed by atoms with Crippen LogP contribution in [-0.2, 0) is 0 Å². The van der Waals surface area contributed by atoms with Crippen LogP contribution in [0, 0.1) is 0 Å². The average Bonchev–Trinajstić information content (AvgIpc) is 2.31. The lowest BCUT2D eigenvalue weighted by atomic mass is 10.1. The van der Waals surface area contributed by atoms with Gasteiger partial charge >= 0.3 is 0 Å². The largest absolute Gasteiger partial charge is 0.317 e. The van der Waals surface area contributed by atoms with Crippen molar-refractivity contribution in [1.29, 1.82) is 0 Å². The number of rotatable bonds is 12. The van der Waals surface area contributed by atoms with Gasteiger partial charge in [0.2, 0.25) is 0 Å². The first kappa shape index (κ1) is 15.7. The molecule has 0 amide bonds. The molecule has 0 aliphatic carbocycles. The molecular weight excluding hydrogens is 194 g/mol. The van der Waals surface area contributed by atoms with Crippen LogP contribution in [0.5, 0.6) is 0 Å². The number of nitrogens with one attached hydrogen (secondary N) is 1. The highest BCUT2D eigenvalue weighted by Crippen LogP contribution is 2.08. The maximum atomic E-state index is 3.37. The molecule has 0 atom stereocenters. The number of hydrogen-bond acceptors (Lipinski definition) is 1. The van der Waals surface area contributed by atoms with E-state index in [4.69, 9.17) is 0 Å². The second-order valence-corrected chi connectivity index (χ2v) is 4.50. The van der Waals surface area contributed by atoms with Crippen molar-refractivity contribution in [3.63, 3.8) is 0 Å². The zero-order valence-corrected chi connectivity index (χ0v) is 11.4. The molecule has 96 valence electrons. The van der Waals surface area contributed by atoms with Gasteiger partial charge in [-0.1, -0.05) is 58.1 Å². The van der Waals surface area contributed by atoms with Crippen molar-refractivity contribution < 1.29 is 0 Å². The Kier molecular flexibility index (Phi) is 14.4. The quantitative estimate of drug-likeness (QED) is 0.375. The zero-order chi connectivity index (χ0) is 11.9. The molecule has 1 nitrogen and oxygen atoms in total. The normalized spacial score (nSPS) is 11.4. The molecule has 0 fully saturated rings. The second-order valence-electron chi connectivity index (χ2n) is 4.50. The van der Waals surface area contributed by atoms with Crippen molar-refractivity contribution >= 4 is 0 Å². The van der Waals surface area contributed by atoms with Crippen molar-refractivity contribution in [2.45, 2.75) is 71.6 Å². The topological polar surface area (TPSA) is 12.0 Å². The molecule has 0 aromatic carbocycles. The molecule has 0 aliphatic rings. The Labute approximate surface area is 103 Å². The van der Waals surface area contributed by atoms with Crippen LogP contribution < -0.4 is 5.32 Å². The van der Waals surface area contributed by atoms with E-state index in [1.807, 2.05) is 0 Å². The van der Waals surface area contributed by atoms with E-state index in [0.29, 0.717) is 0 Å². The molecule has 0 saturated heterocycles. The van der Waals surface area contributed by atoms with Crippen molar-refractivity contribution in [2.24, 2.45) is 0 Å². The zero-order valence-electron chi connectivity index (χ0n) is 11.4. The van der Waals surface area contributed by atoms with E-state index < -0.39 is 0 Å². The van der Waals surface area contributed by atoms with Gasteiger partial charge in [-0.2, -0.15) is 0 Å². The molecule has 16 heavy (non-hydrogen) atoms. The van der Waals surface area contributed by atoms with Crippen LogP contribution in [0.1, 0.15) is 71.6 Å². The van der Waals surface area contributed by atoms with Gasteiger partial charge in [0.1, 0.15) is 0 Å². The maximum absolute atomic E-state index is 3.37. The summed E-state index contributed by atoms with van der Waals surface area (Å²) in [6.07, 6.45) is 16.9. The van der Waals surface area contributed by atoms with Gasteiger partial charge in [0.25, 0.3) is 0 Å². The van der Waals surface area contributed by atoms with Crippen LogP contribution in [0.4, 0.5) is 0 Å². The summed E-state index contributed by atoms with van der Waals surface area (Å²) in [6, 6.07) is 0. The summed E-state index contributed by atoms with van der Waals surface area (Å²) in [7, 11) is 0. The van der Waals surface area contributed by atoms with Crippen molar-refractivity contribution in [2.75, 3.05) is 13.1 Å². The standard InChI is InChI=1S/C15H31N/c1-3-5-6-7-8-9-10-11-12-13-14-15-16-4-2/h5-6,16H,3-4,7-15H2,1-2H3. The van der Waals surface area contributed by atoms with Gasteiger partial charge in [0.15, 0.2) is 0 Å². The van der Waals surface area contributed by atoms with E-state index >= 15 is 0 Å². The predicted molar refractivity (Wildman–Crippen MR) is 74.9 cm³/mol. The molecule has 1 N–H and O–H groups in total. The molecule has 0 aromatic heterocycles. The first-order valence-electron chi connectivity index (χ1n) is 7.27. The summed E-state index contributed by atoms with van der Waals surface area (Å²) in [4.78, 5) is 0. The number of hydrogen-bond donors (Lipinski definition) is 1. The summed E-state index contributed by atoms with van der Waals surface area (Å²) in [5, 5.41) is 3.37. The van der Waals surface area contributed by atoms with Gasteiger partial charge in [-0.3, -0.25) is 0 Å². The van der Waals surface area contributed by atoms with E-state index in [9.17, 15) is 0 Å². The van der Waals surface area contributed by atoms with E-state index in [0.717, 1.165) is 6.54 Å². The van der Waals surface area contributed by atoms with Crippen LogP contribution >= 0.6 is 0 Å². The molecule has 0 spiro atoms. The van der Waals surface area contributed by atoms with Crippen molar-refractivity contribution in [3.05, 3.63) is 12.2 Å². The monoisotopic (exact) mass is 225 g/mol. The Balaban J connectivity index is 2.90. The third-order valence-electron chi connectivity index (χ3n) is 2.88. The lowest BCUT2D eigenvalue weighted by molar-refractivity contribution is 0.563. The Morgan fingerprint density at radius 3 is 2.00 bits per heavy atom. The Morgan fingerprint density at radius 1 is 0.750 bits per heavy atom. The third kappa shape index (κ3) is 13.7. The minimum atomic E-state index is 1.12. The number of allylic oxidation sites excluding steroid dienone is 2. The Morgan fingerprint density at radius 2 is 1.38 bits per heavy atom. The summed E-state index contributed by atoms with van der Waals surface area (Å²) in [5.74, 6) is 0. The van der Waals surface area contributed by atoms with Crippen LogP contribution in [-0.4, -0.2) is 13.1 Å². The van der Waals surface area contributed by atoms with Crippen molar-refractivity contribution in [3.8, 4) is 0 Å². The molecule has 0 rings (SSSR count). The lowest BCUT2D eigenvalue weighted by Gasteiger charge is -2.02. The lowest BCUT2D eigenvalue weighted by Crippen LogP contribution is -2.13. The molecule has 0 bridgehead atoms. The second kappa shape index (κ2) is 14.7. The van der Waals surface area contributed by atoms with E-state index in [1.54, 1.807) is 0 Å². The fourth-order valence-corrected chi connectivity index (χ4v) is 1.86.